The number of hydrogen-bond acceptors (Lipinski definition) is 4. The van der Waals surface area contributed by atoms with Crippen LogP contribution < -0.4 is 0 Å². The molecule has 0 unspecified atom stereocenters. The molecule has 1 aromatic heterocycles. The summed E-state index contributed by atoms with van der Waals surface area (Å²) in [5.41, 5.74) is 0.477. The van der Waals surface area contributed by atoms with Crippen molar-refractivity contribution in [3.63, 3.8) is 0 Å². The Bertz CT molecular complexity index is 400. The Morgan fingerprint density at radius 1 is 1.53 bits per heavy atom. The van der Waals surface area contributed by atoms with E-state index in [9.17, 15) is 9.59 Å². The van der Waals surface area contributed by atoms with Crippen LogP contribution in [-0.2, 0) is 16.6 Å². The van der Waals surface area contributed by atoms with Gasteiger partial charge in [-0.2, -0.15) is 5.10 Å². The summed E-state index contributed by atoms with van der Waals surface area (Å²) in [6.07, 6.45) is 3.90. The lowest BCUT2D eigenvalue weighted by Gasteiger charge is -2.19. The standard InChI is InChI=1S/C11H17N3O3/c1-4-5-14(8-10(15)17-3)11(16)9-6-12-13(2)7-9/h6-7H,4-5,8H2,1-3H3. The average Bonchev–Trinajstić information content (AvgIpc) is 2.74. The first-order valence-electron chi connectivity index (χ1n) is 5.43. The highest BCUT2D eigenvalue weighted by Gasteiger charge is 2.19. The van der Waals surface area contributed by atoms with E-state index in [1.54, 1.807) is 17.9 Å². The number of aromatic nitrogens is 2. The van der Waals surface area contributed by atoms with E-state index in [0.29, 0.717) is 12.1 Å². The molecule has 0 saturated heterocycles. The van der Waals surface area contributed by atoms with Crippen molar-refractivity contribution in [1.82, 2.24) is 14.7 Å². The molecule has 1 amide bonds. The second-order valence-corrected chi connectivity index (χ2v) is 3.71. The molecule has 1 aromatic rings. The summed E-state index contributed by atoms with van der Waals surface area (Å²) >= 11 is 0. The van der Waals surface area contributed by atoms with Gasteiger partial charge in [0.1, 0.15) is 6.54 Å². The van der Waals surface area contributed by atoms with Gasteiger partial charge in [-0.25, -0.2) is 0 Å². The largest absolute Gasteiger partial charge is 0.468 e. The molecular weight excluding hydrogens is 222 g/mol. The quantitative estimate of drug-likeness (QED) is 0.700. The molecule has 1 heterocycles. The maximum Gasteiger partial charge on any atom is 0.325 e. The molecule has 1 rings (SSSR count). The second kappa shape index (κ2) is 6.03. The van der Waals surface area contributed by atoms with E-state index in [1.807, 2.05) is 6.92 Å². The van der Waals surface area contributed by atoms with Crippen LogP contribution in [0.1, 0.15) is 23.7 Å². The highest BCUT2D eigenvalue weighted by Crippen LogP contribution is 2.04. The molecule has 6 nitrogen and oxygen atoms in total. The summed E-state index contributed by atoms with van der Waals surface area (Å²) < 4.78 is 6.12. The number of hydrogen-bond donors (Lipinski definition) is 0. The van der Waals surface area contributed by atoms with Gasteiger partial charge in [0.05, 0.1) is 18.9 Å². The van der Waals surface area contributed by atoms with Crippen LogP contribution >= 0.6 is 0 Å². The highest BCUT2D eigenvalue weighted by atomic mass is 16.5. The zero-order valence-corrected chi connectivity index (χ0v) is 10.3. The number of ether oxygens (including phenoxy) is 1. The van der Waals surface area contributed by atoms with Crippen LogP contribution in [-0.4, -0.2) is 46.8 Å². The molecule has 6 heteroatoms. The zero-order chi connectivity index (χ0) is 12.8. The fourth-order valence-corrected chi connectivity index (χ4v) is 1.46. The Kier molecular flexibility index (Phi) is 4.68. The van der Waals surface area contributed by atoms with Crippen molar-refractivity contribution in [2.24, 2.45) is 7.05 Å². The number of aryl methyl sites for hydroxylation is 1. The molecule has 0 aliphatic carbocycles. The summed E-state index contributed by atoms with van der Waals surface area (Å²) in [5.74, 6) is -0.624. The smallest absolute Gasteiger partial charge is 0.325 e. The average molecular weight is 239 g/mol. The number of carbonyl (C=O) groups excluding carboxylic acids is 2. The second-order valence-electron chi connectivity index (χ2n) is 3.71. The lowest BCUT2D eigenvalue weighted by Crippen LogP contribution is -2.36. The van der Waals surface area contributed by atoms with Crippen molar-refractivity contribution >= 4 is 11.9 Å². The first-order chi connectivity index (χ1) is 8.08. The van der Waals surface area contributed by atoms with Gasteiger partial charge in [-0.05, 0) is 6.42 Å². The summed E-state index contributed by atoms with van der Waals surface area (Å²) in [4.78, 5) is 24.7. The lowest BCUT2D eigenvalue weighted by atomic mass is 10.3. The fraction of sp³-hybridized carbons (Fsp3) is 0.545. The van der Waals surface area contributed by atoms with E-state index in [-0.39, 0.29) is 12.5 Å². The monoisotopic (exact) mass is 239 g/mol. The lowest BCUT2D eigenvalue weighted by molar-refractivity contribution is -0.141. The Morgan fingerprint density at radius 2 is 2.24 bits per heavy atom. The van der Waals surface area contributed by atoms with E-state index in [0.717, 1.165) is 6.42 Å². The molecule has 0 radical (unpaired) electrons. The molecule has 0 saturated carbocycles. The number of amides is 1. The van der Waals surface area contributed by atoms with E-state index >= 15 is 0 Å². The Morgan fingerprint density at radius 3 is 2.71 bits per heavy atom. The number of esters is 1. The number of rotatable bonds is 5. The molecule has 0 aliphatic rings. The van der Waals surface area contributed by atoms with E-state index in [1.165, 1.54) is 18.2 Å². The van der Waals surface area contributed by atoms with Gasteiger partial charge in [0.2, 0.25) is 0 Å². The minimum atomic E-state index is -0.421. The van der Waals surface area contributed by atoms with Gasteiger partial charge in [-0.15, -0.1) is 0 Å². The summed E-state index contributed by atoms with van der Waals surface area (Å²) in [7, 11) is 3.04. The maximum atomic E-state index is 12.1. The first kappa shape index (κ1) is 13.2. The summed E-state index contributed by atoms with van der Waals surface area (Å²) in [6, 6.07) is 0. The van der Waals surface area contributed by atoms with Crippen molar-refractivity contribution in [3.8, 4) is 0 Å². The first-order valence-corrected chi connectivity index (χ1v) is 5.43. The van der Waals surface area contributed by atoms with Crippen LogP contribution in [0.4, 0.5) is 0 Å². The molecule has 0 N–H and O–H groups in total. The molecule has 17 heavy (non-hydrogen) atoms. The van der Waals surface area contributed by atoms with Gasteiger partial charge in [-0.1, -0.05) is 6.92 Å². The Hall–Kier alpha value is -1.85. The molecule has 0 aliphatic heterocycles. The molecule has 94 valence electrons. The fourth-order valence-electron chi connectivity index (χ4n) is 1.46. The molecule has 0 aromatic carbocycles. The predicted octanol–water partition coefficient (Wildman–Crippen LogP) is 0.445. The van der Waals surface area contributed by atoms with Crippen LogP contribution in [0, 0.1) is 0 Å². The minimum absolute atomic E-state index is 0.0297. The van der Waals surface area contributed by atoms with Crippen LogP contribution in [0.2, 0.25) is 0 Å². The minimum Gasteiger partial charge on any atom is -0.468 e. The molecule has 0 bridgehead atoms. The van der Waals surface area contributed by atoms with Crippen LogP contribution in [0.5, 0.6) is 0 Å². The van der Waals surface area contributed by atoms with Crippen LogP contribution in [0.3, 0.4) is 0 Å². The van der Waals surface area contributed by atoms with Crippen LogP contribution in [0.15, 0.2) is 12.4 Å². The molecule has 0 atom stereocenters. The van der Waals surface area contributed by atoms with Gasteiger partial charge in [0, 0.05) is 19.8 Å². The van der Waals surface area contributed by atoms with Gasteiger partial charge < -0.3 is 9.64 Å². The van der Waals surface area contributed by atoms with Gasteiger partial charge >= 0.3 is 5.97 Å². The van der Waals surface area contributed by atoms with Gasteiger partial charge in [0.25, 0.3) is 5.91 Å². The Labute approximate surface area is 100 Å². The van der Waals surface area contributed by atoms with Crippen molar-refractivity contribution in [2.45, 2.75) is 13.3 Å². The normalized spacial score (nSPS) is 10.1. The topological polar surface area (TPSA) is 64.4 Å². The zero-order valence-electron chi connectivity index (χ0n) is 10.3. The van der Waals surface area contributed by atoms with Crippen molar-refractivity contribution in [3.05, 3.63) is 18.0 Å². The van der Waals surface area contributed by atoms with Crippen molar-refractivity contribution < 1.29 is 14.3 Å². The van der Waals surface area contributed by atoms with E-state index < -0.39 is 5.97 Å². The highest BCUT2D eigenvalue weighted by molar-refractivity contribution is 5.95. The predicted molar refractivity (Wildman–Crippen MR) is 61.4 cm³/mol. The van der Waals surface area contributed by atoms with E-state index in [2.05, 4.69) is 9.84 Å². The molecule has 0 fully saturated rings. The SMILES string of the molecule is CCCN(CC(=O)OC)C(=O)c1cnn(C)c1. The molecule has 0 spiro atoms. The maximum absolute atomic E-state index is 12.1. The van der Waals surface area contributed by atoms with Crippen molar-refractivity contribution in [2.75, 3.05) is 20.2 Å². The third-order valence-corrected chi connectivity index (χ3v) is 2.28. The Balaban J connectivity index is 2.76. The van der Waals surface area contributed by atoms with E-state index in [4.69, 9.17) is 0 Å². The van der Waals surface area contributed by atoms with Gasteiger partial charge in [0.15, 0.2) is 0 Å². The van der Waals surface area contributed by atoms with Crippen LogP contribution in [0.25, 0.3) is 0 Å². The van der Waals surface area contributed by atoms with Gasteiger partial charge in [-0.3, -0.25) is 14.3 Å². The summed E-state index contributed by atoms with van der Waals surface area (Å²) in [5, 5.41) is 3.93. The van der Waals surface area contributed by atoms with Crippen molar-refractivity contribution in [1.29, 1.82) is 0 Å². The number of carbonyl (C=O) groups is 2. The number of methoxy groups -OCH3 is 1. The number of nitrogens with zero attached hydrogens (tertiary/aromatic N) is 3. The molecular formula is C11H17N3O3. The third-order valence-electron chi connectivity index (χ3n) is 2.28. The third kappa shape index (κ3) is 3.58. The summed E-state index contributed by atoms with van der Waals surface area (Å²) in [6.45, 7) is 2.43.